The molecule has 5 aromatic rings. The highest BCUT2D eigenvalue weighted by molar-refractivity contribution is 6.30. The number of hydrazine groups is 1. The fourth-order valence-corrected chi connectivity index (χ4v) is 3.62. The molecule has 0 unspecified atom stereocenters. The molecule has 0 fully saturated rings. The van der Waals surface area contributed by atoms with Crippen molar-refractivity contribution in [2.75, 3.05) is 21.5 Å². The van der Waals surface area contributed by atoms with Crippen molar-refractivity contribution in [3.8, 4) is 17.3 Å². The second-order valence-corrected chi connectivity index (χ2v) is 8.50. The molecule has 0 amide bonds. The second-order valence-electron chi connectivity index (χ2n) is 8.06. The third kappa shape index (κ3) is 5.97. The summed E-state index contributed by atoms with van der Waals surface area (Å²) in [4.78, 5) is 30.6. The third-order valence-electron chi connectivity index (χ3n) is 5.44. The van der Waals surface area contributed by atoms with E-state index in [2.05, 4.69) is 41.4 Å². The molecule has 0 atom stereocenters. The van der Waals surface area contributed by atoms with E-state index in [4.69, 9.17) is 20.4 Å². The zero-order valence-corrected chi connectivity index (χ0v) is 21.2. The summed E-state index contributed by atoms with van der Waals surface area (Å²) in [6, 6.07) is 15.8. The van der Waals surface area contributed by atoms with Crippen molar-refractivity contribution in [2.24, 2.45) is 7.05 Å². The summed E-state index contributed by atoms with van der Waals surface area (Å²) in [7, 11) is 1.49. The summed E-state index contributed by atoms with van der Waals surface area (Å²) in [5.41, 5.74) is 5.86. The lowest BCUT2D eigenvalue weighted by molar-refractivity contribution is 0.517. The Kier molecular flexibility index (Phi) is 7.37. The van der Waals surface area contributed by atoms with Gasteiger partial charge in [-0.2, -0.15) is 20.2 Å². The first kappa shape index (κ1) is 25.3. The quantitative estimate of drug-likeness (QED) is 0.186. The normalized spacial score (nSPS) is 10.6. The van der Waals surface area contributed by atoms with Gasteiger partial charge in [0.25, 0.3) is 5.56 Å². The van der Waals surface area contributed by atoms with E-state index in [1.807, 2.05) is 18.2 Å². The monoisotopic (exact) mass is 544 g/mol. The lowest BCUT2D eigenvalue weighted by atomic mass is 10.1. The van der Waals surface area contributed by atoms with Gasteiger partial charge >= 0.3 is 0 Å². The first-order valence-electron chi connectivity index (χ1n) is 11.6. The lowest BCUT2D eigenvalue weighted by Crippen LogP contribution is -2.27. The van der Waals surface area contributed by atoms with Crippen molar-refractivity contribution >= 4 is 35.4 Å². The smallest absolute Gasteiger partial charge is 0.273 e. The van der Waals surface area contributed by atoms with Gasteiger partial charge < -0.3 is 19.5 Å². The van der Waals surface area contributed by atoms with Crippen LogP contribution in [-0.4, -0.2) is 24.5 Å². The number of hydrogen-bond acceptors (Lipinski definition) is 12. The minimum absolute atomic E-state index is 0.0978. The number of furan rings is 2. The van der Waals surface area contributed by atoms with Crippen LogP contribution in [0.25, 0.3) is 11.3 Å². The van der Waals surface area contributed by atoms with Crippen LogP contribution in [-0.2, 0) is 20.1 Å². The van der Waals surface area contributed by atoms with E-state index in [1.165, 1.54) is 11.6 Å². The van der Waals surface area contributed by atoms with Crippen molar-refractivity contribution < 1.29 is 8.83 Å². The Hall–Kier alpha value is -5.35. The highest BCUT2D eigenvalue weighted by Crippen LogP contribution is 2.23. The molecule has 0 bridgehead atoms. The second kappa shape index (κ2) is 11.4. The molecule has 39 heavy (non-hydrogen) atoms. The molecule has 4 aromatic heterocycles. The van der Waals surface area contributed by atoms with Gasteiger partial charge in [-0.15, -0.1) is 0 Å². The summed E-state index contributed by atoms with van der Waals surface area (Å²) >= 11 is 5.99. The molecular formula is C25H21ClN10O3. The van der Waals surface area contributed by atoms with Crippen molar-refractivity contribution in [2.45, 2.75) is 13.1 Å². The third-order valence-corrected chi connectivity index (χ3v) is 5.70. The first-order chi connectivity index (χ1) is 19.0. The Labute approximate surface area is 226 Å². The highest BCUT2D eigenvalue weighted by atomic mass is 35.5. The number of rotatable bonds is 10. The topological polar surface area (TPSA) is 172 Å². The molecule has 0 aliphatic rings. The van der Waals surface area contributed by atoms with E-state index in [9.17, 15) is 10.1 Å². The molecule has 0 radical (unpaired) electrons. The van der Waals surface area contributed by atoms with Gasteiger partial charge in [0.1, 0.15) is 23.2 Å². The maximum absolute atomic E-state index is 12.9. The molecule has 0 spiro atoms. The van der Waals surface area contributed by atoms with Gasteiger partial charge in [0, 0.05) is 17.6 Å². The largest absolute Gasteiger partial charge is 0.467 e. The number of nitrogens with zero attached hydrogens (tertiary/aromatic N) is 6. The summed E-state index contributed by atoms with van der Waals surface area (Å²) in [6.07, 6.45) is 3.15. The van der Waals surface area contributed by atoms with Gasteiger partial charge in [-0.25, -0.2) is 4.98 Å². The number of nitrogens with one attached hydrogen (secondary N) is 4. The van der Waals surface area contributed by atoms with E-state index in [1.54, 1.807) is 48.9 Å². The van der Waals surface area contributed by atoms with Crippen molar-refractivity contribution in [3.05, 3.63) is 93.5 Å². The number of aromatic nitrogens is 5. The zero-order chi connectivity index (χ0) is 27.2. The summed E-state index contributed by atoms with van der Waals surface area (Å²) < 4.78 is 11.9. The Morgan fingerprint density at radius 2 is 1.46 bits per heavy atom. The SMILES string of the molecule is Cn1c(NNc2nc(NCc3ccco3)nc(NCc3ccco3)n2)nc(-c2ccc(Cl)cc2)c(C#N)c1=O. The lowest BCUT2D eigenvalue weighted by Gasteiger charge is -2.15. The minimum Gasteiger partial charge on any atom is -0.467 e. The minimum atomic E-state index is -0.529. The Morgan fingerprint density at radius 3 is 2.00 bits per heavy atom. The van der Waals surface area contributed by atoms with Crippen LogP contribution >= 0.6 is 11.6 Å². The van der Waals surface area contributed by atoms with Crippen LogP contribution in [0.15, 0.2) is 74.7 Å². The molecule has 1 aromatic carbocycles. The molecule has 4 N–H and O–H groups in total. The number of anilines is 4. The van der Waals surface area contributed by atoms with Crippen LogP contribution in [0.4, 0.5) is 23.8 Å². The highest BCUT2D eigenvalue weighted by Gasteiger charge is 2.17. The van der Waals surface area contributed by atoms with Crippen LogP contribution in [0.1, 0.15) is 17.1 Å². The van der Waals surface area contributed by atoms with Gasteiger partial charge in [0.2, 0.25) is 23.8 Å². The molecule has 0 saturated heterocycles. The van der Waals surface area contributed by atoms with Crippen LogP contribution in [0.2, 0.25) is 5.02 Å². The number of benzene rings is 1. The molecule has 13 nitrogen and oxygen atoms in total. The standard InChI is InChI=1S/C25H21ClN10O3/c1-36-21(37)19(12-27)20(15-6-8-16(26)9-7-15)30-25(36)35-34-24-32-22(28-13-17-4-2-10-38-17)31-23(33-24)29-14-18-5-3-11-39-18/h2-11H,13-14H2,1H3,(H,30,35)(H3,28,29,31,32,33,34). The van der Waals surface area contributed by atoms with E-state index in [0.717, 1.165) is 0 Å². The van der Waals surface area contributed by atoms with Gasteiger partial charge in [-0.1, -0.05) is 23.7 Å². The molecule has 196 valence electrons. The van der Waals surface area contributed by atoms with Crippen LogP contribution in [0, 0.1) is 11.3 Å². The fraction of sp³-hybridized carbons (Fsp3) is 0.120. The van der Waals surface area contributed by atoms with Crippen LogP contribution in [0.3, 0.4) is 0 Å². The number of hydrogen-bond donors (Lipinski definition) is 4. The molecule has 4 heterocycles. The molecular weight excluding hydrogens is 524 g/mol. The Bertz CT molecular complexity index is 1600. The Balaban J connectivity index is 1.41. The Morgan fingerprint density at radius 1 is 0.872 bits per heavy atom. The van der Waals surface area contributed by atoms with Gasteiger partial charge in [-0.05, 0) is 36.4 Å². The van der Waals surface area contributed by atoms with Crippen molar-refractivity contribution in [1.29, 1.82) is 5.26 Å². The summed E-state index contributed by atoms with van der Waals surface area (Å²) in [6.45, 7) is 0.690. The molecule has 0 aliphatic carbocycles. The molecule has 14 heteroatoms. The number of nitriles is 1. The van der Waals surface area contributed by atoms with E-state index in [0.29, 0.717) is 35.2 Å². The summed E-state index contributed by atoms with van der Waals surface area (Å²) in [5, 5.41) is 16.3. The predicted molar refractivity (Wildman–Crippen MR) is 144 cm³/mol. The first-order valence-corrected chi connectivity index (χ1v) is 12.0. The average Bonchev–Trinajstić information content (AvgIpc) is 3.67. The molecule has 5 rings (SSSR count). The van der Waals surface area contributed by atoms with Crippen molar-refractivity contribution in [3.63, 3.8) is 0 Å². The van der Waals surface area contributed by atoms with Crippen LogP contribution in [0.5, 0.6) is 0 Å². The zero-order valence-electron chi connectivity index (χ0n) is 20.5. The van der Waals surface area contributed by atoms with E-state index < -0.39 is 5.56 Å². The predicted octanol–water partition coefficient (Wildman–Crippen LogP) is 4.01. The maximum atomic E-state index is 12.9. The van der Waals surface area contributed by atoms with E-state index >= 15 is 0 Å². The number of halogens is 1. The average molecular weight is 545 g/mol. The van der Waals surface area contributed by atoms with Crippen LogP contribution < -0.4 is 27.0 Å². The maximum Gasteiger partial charge on any atom is 0.273 e. The molecule has 0 aliphatic heterocycles. The van der Waals surface area contributed by atoms with E-state index in [-0.39, 0.29) is 35.1 Å². The van der Waals surface area contributed by atoms with Gasteiger partial charge in [-0.3, -0.25) is 20.2 Å². The van der Waals surface area contributed by atoms with Gasteiger partial charge in [0.15, 0.2) is 0 Å². The van der Waals surface area contributed by atoms with Gasteiger partial charge in [0.05, 0.1) is 31.3 Å². The summed E-state index contributed by atoms with van der Waals surface area (Å²) in [5.74, 6) is 2.16. The molecule has 0 saturated carbocycles. The van der Waals surface area contributed by atoms with Crippen molar-refractivity contribution in [1.82, 2.24) is 24.5 Å². The fourth-order valence-electron chi connectivity index (χ4n) is 3.49.